The Hall–Kier alpha value is -0.120. The molecule has 0 spiro atoms. The van der Waals surface area contributed by atoms with Crippen molar-refractivity contribution in [1.29, 1.82) is 0 Å². The zero-order chi connectivity index (χ0) is 10.8. The topological polar surface area (TPSA) is 24.5 Å². The van der Waals surface area contributed by atoms with E-state index in [9.17, 15) is 0 Å². The molecule has 1 saturated carbocycles. The lowest BCUT2D eigenvalue weighted by Crippen LogP contribution is -2.47. The predicted molar refractivity (Wildman–Crippen MR) is 64.5 cm³/mol. The van der Waals surface area contributed by atoms with Gasteiger partial charge < -0.3 is 10.1 Å². The summed E-state index contributed by atoms with van der Waals surface area (Å²) in [5.74, 6) is 1.02. The van der Waals surface area contributed by atoms with Crippen LogP contribution < -0.4 is 5.32 Å². The van der Waals surface area contributed by atoms with E-state index in [4.69, 9.17) is 4.74 Å². The molecule has 16 heavy (non-hydrogen) atoms. The molecule has 0 aromatic carbocycles. The normalized spacial score (nSPS) is 33.4. The standard InChI is InChI=1S/C13H24N2O/c1-2-11(1)9-14-12-3-6-15(7-4-12)13-5-8-16-10-13/h11-14H,1-10H2. The highest BCUT2D eigenvalue weighted by atomic mass is 16.5. The van der Waals surface area contributed by atoms with Crippen LogP contribution in [0.3, 0.4) is 0 Å². The molecule has 3 heteroatoms. The SMILES string of the molecule is C1CC(N2CCC(NCC3CC3)CC2)CO1. The summed E-state index contributed by atoms with van der Waals surface area (Å²) in [7, 11) is 0. The van der Waals surface area contributed by atoms with Crippen LogP contribution in [0.15, 0.2) is 0 Å². The Morgan fingerprint density at radius 2 is 1.88 bits per heavy atom. The molecule has 2 saturated heterocycles. The van der Waals surface area contributed by atoms with Crippen LogP contribution in [0.2, 0.25) is 0 Å². The van der Waals surface area contributed by atoms with Crippen LogP contribution in [-0.4, -0.2) is 49.8 Å². The molecule has 0 aromatic heterocycles. The summed E-state index contributed by atoms with van der Waals surface area (Å²) in [6, 6.07) is 1.52. The van der Waals surface area contributed by atoms with Gasteiger partial charge in [0.1, 0.15) is 0 Å². The molecule has 3 nitrogen and oxygen atoms in total. The highest BCUT2D eigenvalue weighted by Crippen LogP contribution is 2.28. The number of nitrogens with zero attached hydrogens (tertiary/aromatic N) is 1. The van der Waals surface area contributed by atoms with Crippen LogP contribution in [0.1, 0.15) is 32.1 Å². The predicted octanol–water partition coefficient (Wildman–Crippen LogP) is 1.24. The zero-order valence-electron chi connectivity index (χ0n) is 10.2. The molecular weight excluding hydrogens is 200 g/mol. The van der Waals surface area contributed by atoms with Crippen LogP contribution in [-0.2, 0) is 4.74 Å². The first-order chi connectivity index (χ1) is 7.92. The first-order valence-corrected chi connectivity index (χ1v) is 6.97. The van der Waals surface area contributed by atoms with E-state index in [1.54, 1.807) is 0 Å². The lowest BCUT2D eigenvalue weighted by molar-refractivity contribution is 0.117. The van der Waals surface area contributed by atoms with Gasteiger partial charge in [-0.25, -0.2) is 0 Å². The third-order valence-electron chi connectivity index (χ3n) is 4.34. The van der Waals surface area contributed by atoms with Crippen molar-refractivity contribution in [3.05, 3.63) is 0 Å². The van der Waals surface area contributed by atoms with Gasteiger partial charge in [-0.2, -0.15) is 0 Å². The highest BCUT2D eigenvalue weighted by molar-refractivity contribution is 4.85. The van der Waals surface area contributed by atoms with Crippen LogP contribution in [0.5, 0.6) is 0 Å². The van der Waals surface area contributed by atoms with Crippen molar-refractivity contribution in [2.45, 2.75) is 44.2 Å². The zero-order valence-corrected chi connectivity index (χ0v) is 10.2. The third-order valence-corrected chi connectivity index (χ3v) is 4.34. The van der Waals surface area contributed by atoms with Crippen molar-refractivity contribution in [1.82, 2.24) is 10.2 Å². The molecule has 2 heterocycles. The molecule has 1 atom stereocenters. The molecule has 1 unspecified atom stereocenters. The van der Waals surface area contributed by atoms with E-state index in [0.29, 0.717) is 0 Å². The van der Waals surface area contributed by atoms with Gasteiger partial charge in [0.15, 0.2) is 0 Å². The number of likely N-dealkylation sites (tertiary alicyclic amines) is 1. The van der Waals surface area contributed by atoms with E-state index in [2.05, 4.69) is 10.2 Å². The maximum Gasteiger partial charge on any atom is 0.0622 e. The lowest BCUT2D eigenvalue weighted by Gasteiger charge is -2.35. The largest absolute Gasteiger partial charge is 0.380 e. The number of piperidine rings is 1. The van der Waals surface area contributed by atoms with E-state index in [0.717, 1.165) is 31.2 Å². The van der Waals surface area contributed by atoms with E-state index >= 15 is 0 Å². The van der Waals surface area contributed by atoms with Crippen molar-refractivity contribution in [3.63, 3.8) is 0 Å². The number of rotatable bonds is 4. The molecule has 92 valence electrons. The Morgan fingerprint density at radius 1 is 1.06 bits per heavy atom. The minimum atomic E-state index is 0.726. The average Bonchev–Trinajstić information content (AvgIpc) is 3.00. The second-order valence-corrected chi connectivity index (χ2v) is 5.68. The van der Waals surface area contributed by atoms with Crippen molar-refractivity contribution in [3.8, 4) is 0 Å². The van der Waals surface area contributed by atoms with Crippen molar-refractivity contribution in [2.75, 3.05) is 32.8 Å². The fourth-order valence-electron chi connectivity index (χ4n) is 2.93. The summed E-state index contributed by atoms with van der Waals surface area (Å²) in [5.41, 5.74) is 0. The smallest absolute Gasteiger partial charge is 0.0622 e. The van der Waals surface area contributed by atoms with Crippen molar-refractivity contribution >= 4 is 0 Å². The molecule has 0 aromatic rings. The second-order valence-electron chi connectivity index (χ2n) is 5.68. The number of nitrogens with one attached hydrogen (secondary N) is 1. The van der Waals surface area contributed by atoms with Crippen molar-refractivity contribution < 1.29 is 4.74 Å². The first-order valence-electron chi connectivity index (χ1n) is 6.97. The highest BCUT2D eigenvalue weighted by Gasteiger charge is 2.28. The molecule has 1 aliphatic carbocycles. The summed E-state index contributed by atoms with van der Waals surface area (Å²) < 4.78 is 5.47. The van der Waals surface area contributed by atoms with Gasteiger partial charge in [0, 0.05) is 31.8 Å². The monoisotopic (exact) mass is 224 g/mol. The first kappa shape index (κ1) is 11.0. The molecule has 3 fully saturated rings. The Balaban J connectivity index is 1.37. The van der Waals surface area contributed by atoms with Gasteiger partial charge in [-0.15, -0.1) is 0 Å². The van der Waals surface area contributed by atoms with Gasteiger partial charge >= 0.3 is 0 Å². The quantitative estimate of drug-likeness (QED) is 0.777. The van der Waals surface area contributed by atoms with Gasteiger partial charge in [0.25, 0.3) is 0 Å². The number of hydrogen-bond donors (Lipinski definition) is 1. The minimum absolute atomic E-state index is 0.726. The van der Waals surface area contributed by atoms with E-state index in [-0.39, 0.29) is 0 Å². The molecule has 1 N–H and O–H groups in total. The summed E-state index contributed by atoms with van der Waals surface area (Å²) in [4.78, 5) is 2.64. The van der Waals surface area contributed by atoms with Gasteiger partial charge in [-0.05, 0) is 44.6 Å². The van der Waals surface area contributed by atoms with Crippen LogP contribution in [0, 0.1) is 5.92 Å². The summed E-state index contributed by atoms with van der Waals surface area (Å²) >= 11 is 0. The van der Waals surface area contributed by atoms with E-state index < -0.39 is 0 Å². The average molecular weight is 224 g/mol. The van der Waals surface area contributed by atoms with Gasteiger partial charge in [-0.1, -0.05) is 0 Å². The van der Waals surface area contributed by atoms with Gasteiger partial charge in [0.05, 0.1) is 6.61 Å². The fraction of sp³-hybridized carbons (Fsp3) is 1.00. The number of ether oxygens (including phenoxy) is 1. The Morgan fingerprint density at radius 3 is 2.50 bits per heavy atom. The molecular formula is C13H24N2O. The molecule has 3 aliphatic rings. The van der Waals surface area contributed by atoms with Crippen LogP contribution in [0.25, 0.3) is 0 Å². The fourth-order valence-corrected chi connectivity index (χ4v) is 2.93. The number of hydrogen-bond acceptors (Lipinski definition) is 3. The van der Waals surface area contributed by atoms with E-state index in [1.165, 1.54) is 51.7 Å². The molecule has 3 rings (SSSR count). The second kappa shape index (κ2) is 5.03. The van der Waals surface area contributed by atoms with Gasteiger partial charge in [0.2, 0.25) is 0 Å². The van der Waals surface area contributed by atoms with E-state index in [1.807, 2.05) is 0 Å². The Kier molecular flexibility index (Phi) is 3.46. The summed E-state index contributed by atoms with van der Waals surface area (Å²) in [6.07, 6.45) is 6.85. The maximum absolute atomic E-state index is 5.47. The van der Waals surface area contributed by atoms with Crippen LogP contribution in [0.4, 0.5) is 0 Å². The Bertz CT molecular complexity index is 216. The van der Waals surface area contributed by atoms with Gasteiger partial charge in [-0.3, -0.25) is 4.90 Å². The molecule has 2 aliphatic heterocycles. The molecule has 0 radical (unpaired) electrons. The summed E-state index contributed by atoms with van der Waals surface area (Å²) in [6.45, 7) is 5.77. The minimum Gasteiger partial charge on any atom is -0.380 e. The lowest BCUT2D eigenvalue weighted by atomic mass is 10.0. The third kappa shape index (κ3) is 2.76. The molecule has 0 amide bonds. The van der Waals surface area contributed by atoms with Crippen LogP contribution >= 0.6 is 0 Å². The van der Waals surface area contributed by atoms with Crippen molar-refractivity contribution in [2.24, 2.45) is 5.92 Å². The maximum atomic E-state index is 5.47. The summed E-state index contributed by atoms with van der Waals surface area (Å²) in [5, 5.41) is 3.74. The molecule has 0 bridgehead atoms. The Labute approximate surface area is 98.5 Å².